The van der Waals surface area contributed by atoms with Gasteiger partial charge in [0.05, 0.1) is 22.7 Å². The van der Waals surface area contributed by atoms with Crippen molar-refractivity contribution in [1.29, 1.82) is 0 Å². The first-order valence-electron chi connectivity index (χ1n) is 17.2. The first-order chi connectivity index (χ1) is 21.7. The molecule has 0 N–H and O–H groups in total. The molecule has 3 aromatic rings. The second-order valence-electron chi connectivity index (χ2n) is 12.3. The Bertz CT molecular complexity index is 1450. The van der Waals surface area contributed by atoms with Gasteiger partial charge in [0, 0.05) is 5.56 Å². The maximum atomic E-state index is 13.9. The lowest BCUT2D eigenvalue weighted by molar-refractivity contribution is -0.256. The van der Waals surface area contributed by atoms with E-state index in [-0.39, 0.29) is 27.5 Å². The zero-order chi connectivity index (χ0) is 32.8. The lowest BCUT2D eigenvalue weighted by atomic mass is 9.90. The van der Waals surface area contributed by atoms with Crippen LogP contribution in [0.4, 0.5) is 0 Å². The fourth-order valence-corrected chi connectivity index (χ4v) is 6.15. The fourth-order valence-electron chi connectivity index (χ4n) is 6.15. The molecule has 248 valence electrons. The highest BCUT2D eigenvalue weighted by Crippen LogP contribution is 2.29. The molecule has 0 spiro atoms. The van der Waals surface area contributed by atoms with Gasteiger partial charge >= 0.3 is 0 Å². The van der Waals surface area contributed by atoms with E-state index < -0.39 is 17.4 Å². The summed E-state index contributed by atoms with van der Waals surface area (Å²) in [5.74, 6) is -2.69. The Balaban J connectivity index is 2.07. The van der Waals surface area contributed by atoms with Crippen LogP contribution < -0.4 is 15.6 Å². The molecule has 1 aromatic heterocycles. The highest BCUT2D eigenvalue weighted by Gasteiger charge is 2.21. The minimum absolute atomic E-state index is 0.0764. The minimum Gasteiger partial charge on any atom is -0.545 e. The topological polar surface area (TPSA) is 117 Å². The average Bonchev–Trinajstić information content (AvgIpc) is 3.02. The first kappa shape index (κ1) is 36.2. The van der Waals surface area contributed by atoms with Crippen LogP contribution in [-0.2, 0) is 12.8 Å². The Kier molecular flexibility index (Phi) is 15.0. The number of benzene rings is 2. The number of unbranched alkanes of at least 4 members (excludes halogenated alkanes) is 4. The third-order valence-corrected chi connectivity index (χ3v) is 8.72. The number of carboxylic acids is 2. The SMILES string of the molecule is CCCCN(CCCC)CCCc1cc2oc3ccc(C(=O)[O-])cc3c(=O)c2c(CCCN(CCCC)CCCC)c1C(=O)[O-]. The minimum atomic E-state index is -1.39. The molecule has 0 saturated heterocycles. The van der Waals surface area contributed by atoms with Crippen molar-refractivity contribution in [3.8, 4) is 0 Å². The first-order valence-corrected chi connectivity index (χ1v) is 17.2. The summed E-state index contributed by atoms with van der Waals surface area (Å²) in [5.41, 5.74) is 1.14. The molecular weight excluding hydrogens is 568 g/mol. The van der Waals surface area contributed by atoms with Crippen molar-refractivity contribution < 1.29 is 24.2 Å². The molecule has 0 fully saturated rings. The van der Waals surface area contributed by atoms with Gasteiger partial charge in [-0.1, -0.05) is 53.4 Å². The van der Waals surface area contributed by atoms with Gasteiger partial charge in [-0.2, -0.15) is 0 Å². The Morgan fingerprint density at radius 2 is 1.18 bits per heavy atom. The van der Waals surface area contributed by atoms with Gasteiger partial charge in [0.15, 0.2) is 0 Å². The fraction of sp³-hybridized carbons (Fsp3) is 0.595. The summed E-state index contributed by atoms with van der Waals surface area (Å²) >= 11 is 0. The second kappa shape index (κ2) is 18.7. The molecule has 0 radical (unpaired) electrons. The summed E-state index contributed by atoms with van der Waals surface area (Å²) in [6.45, 7) is 14.4. The van der Waals surface area contributed by atoms with Crippen molar-refractivity contribution in [2.75, 3.05) is 39.3 Å². The van der Waals surface area contributed by atoms with Crippen LogP contribution in [0.1, 0.15) is 124 Å². The summed E-state index contributed by atoms with van der Waals surface area (Å²) in [5, 5.41) is 24.7. The monoisotopic (exact) mass is 620 g/mol. The number of nitrogens with zero attached hydrogens (tertiary/aromatic N) is 2. The van der Waals surface area contributed by atoms with E-state index in [1.165, 1.54) is 18.2 Å². The van der Waals surface area contributed by atoms with E-state index in [4.69, 9.17) is 4.42 Å². The number of carbonyl (C=O) groups excluding carboxylic acids is 2. The number of fused-ring (bicyclic) bond motifs is 2. The third-order valence-electron chi connectivity index (χ3n) is 8.72. The predicted molar refractivity (Wildman–Crippen MR) is 178 cm³/mol. The number of hydrogen-bond acceptors (Lipinski definition) is 8. The average molecular weight is 621 g/mol. The lowest BCUT2D eigenvalue weighted by Crippen LogP contribution is -2.29. The highest BCUT2D eigenvalue weighted by atomic mass is 16.4. The molecule has 0 amide bonds. The largest absolute Gasteiger partial charge is 0.545 e. The van der Waals surface area contributed by atoms with Gasteiger partial charge in [0.1, 0.15) is 11.2 Å². The van der Waals surface area contributed by atoms with Crippen molar-refractivity contribution in [3.05, 3.63) is 56.7 Å². The van der Waals surface area contributed by atoms with Crippen molar-refractivity contribution in [3.63, 3.8) is 0 Å². The van der Waals surface area contributed by atoms with Gasteiger partial charge in [-0.25, -0.2) is 0 Å². The van der Waals surface area contributed by atoms with Crippen LogP contribution >= 0.6 is 0 Å². The van der Waals surface area contributed by atoms with Crippen molar-refractivity contribution in [2.24, 2.45) is 0 Å². The summed E-state index contributed by atoms with van der Waals surface area (Å²) in [6.07, 6.45) is 11.2. The van der Waals surface area contributed by atoms with Crippen LogP contribution in [0.2, 0.25) is 0 Å². The number of carbonyl (C=O) groups is 2. The number of aryl methyl sites for hydroxylation is 2. The highest BCUT2D eigenvalue weighted by molar-refractivity contribution is 6.01. The summed E-state index contributed by atoms with van der Waals surface area (Å²) in [7, 11) is 0. The molecule has 8 nitrogen and oxygen atoms in total. The van der Waals surface area contributed by atoms with E-state index in [1.54, 1.807) is 6.07 Å². The molecule has 0 aliphatic rings. The number of aromatic carboxylic acids is 2. The van der Waals surface area contributed by atoms with Crippen LogP contribution in [0.15, 0.2) is 33.5 Å². The van der Waals surface area contributed by atoms with Crippen molar-refractivity contribution >= 4 is 33.9 Å². The number of carboxylic acid groups (broad SMARTS) is 2. The third kappa shape index (κ3) is 10.1. The van der Waals surface area contributed by atoms with Gasteiger partial charge in [-0.15, -0.1) is 0 Å². The summed E-state index contributed by atoms with van der Waals surface area (Å²) in [6, 6.07) is 5.76. The standard InChI is InChI=1S/C37H54N2O6/c1-5-9-19-38(20-10-6-2)23-13-15-27-26-32-34(35(40)30-25-28(36(41)42)17-18-31(30)45-32)29(33(27)37(43)44)16-14-24-39(21-11-7-3)22-12-8-4/h17-18,25-26H,5-16,19-24H2,1-4H3,(H,41,42)(H,43,44)/p-2. The molecule has 8 heteroatoms. The second-order valence-corrected chi connectivity index (χ2v) is 12.3. The molecule has 3 rings (SSSR count). The molecule has 0 saturated carbocycles. The maximum Gasteiger partial charge on any atom is 0.200 e. The van der Waals surface area contributed by atoms with Crippen LogP contribution in [0.25, 0.3) is 21.9 Å². The van der Waals surface area contributed by atoms with Crippen LogP contribution in [0.5, 0.6) is 0 Å². The molecule has 0 aliphatic heterocycles. The normalized spacial score (nSPS) is 11.8. The number of hydrogen-bond donors (Lipinski definition) is 0. The molecule has 0 unspecified atom stereocenters. The molecule has 0 bridgehead atoms. The molecule has 45 heavy (non-hydrogen) atoms. The van der Waals surface area contributed by atoms with Crippen molar-refractivity contribution in [1.82, 2.24) is 9.80 Å². The van der Waals surface area contributed by atoms with E-state index in [2.05, 4.69) is 37.5 Å². The van der Waals surface area contributed by atoms with Gasteiger partial charge < -0.3 is 34.0 Å². The zero-order valence-corrected chi connectivity index (χ0v) is 27.9. The Labute approximate surface area is 268 Å². The smallest absolute Gasteiger partial charge is 0.200 e. The van der Waals surface area contributed by atoms with E-state index >= 15 is 0 Å². The van der Waals surface area contributed by atoms with Gasteiger partial charge in [-0.05, 0) is 132 Å². The Hall–Kier alpha value is -3.23. The van der Waals surface area contributed by atoms with E-state index in [9.17, 15) is 24.6 Å². The molecule has 0 aliphatic carbocycles. The zero-order valence-electron chi connectivity index (χ0n) is 27.9. The Morgan fingerprint density at radius 1 is 0.667 bits per heavy atom. The number of rotatable bonds is 22. The molecule has 2 aromatic carbocycles. The predicted octanol–water partition coefficient (Wildman–Crippen LogP) is 5.34. The van der Waals surface area contributed by atoms with Crippen LogP contribution in [-0.4, -0.2) is 61.0 Å². The summed E-state index contributed by atoms with van der Waals surface area (Å²) < 4.78 is 6.20. The van der Waals surface area contributed by atoms with Crippen LogP contribution in [0.3, 0.4) is 0 Å². The summed E-state index contributed by atoms with van der Waals surface area (Å²) in [4.78, 5) is 43.2. The van der Waals surface area contributed by atoms with Gasteiger partial charge in [0.25, 0.3) is 0 Å². The Morgan fingerprint density at radius 3 is 1.67 bits per heavy atom. The maximum absolute atomic E-state index is 13.9. The van der Waals surface area contributed by atoms with E-state index in [0.717, 1.165) is 97.1 Å². The quantitative estimate of drug-likeness (QED) is 0.138. The van der Waals surface area contributed by atoms with Gasteiger partial charge in [0.2, 0.25) is 5.43 Å². The van der Waals surface area contributed by atoms with E-state index in [1.807, 2.05) is 0 Å². The molecule has 0 atom stereocenters. The van der Waals surface area contributed by atoms with E-state index in [0.29, 0.717) is 36.0 Å². The molecular formula is C37H52N2O6-2. The lowest BCUT2D eigenvalue weighted by Gasteiger charge is -2.24. The molecule has 1 heterocycles. The van der Waals surface area contributed by atoms with Crippen LogP contribution in [0, 0.1) is 0 Å². The van der Waals surface area contributed by atoms with Crippen molar-refractivity contribution in [2.45, 2.75) is 105 Å². The van der Waals surface area contributed by atoms with Gasteiger partial charge in [-0.3, -0.25) is 4.79 Å².